The Bertz CT molecular complexity index is 935. The molecule has 0 saturated heterocycles. The maximum Gasteiger partial charge on any atom is 0.409 e. The lowest BCUT2D eigenvalue weighted by molar-refractivity contribution is 0.0105. The number of nitrogens with zero attached hydrogens (tertiary/aromatic N) is 1. The van der Waals surface area contributed by atoms with Crippen LogP contribution in [0.5, 0.6) is 0 Å². The summed E-state index contributed by atoms with van der Waals surface area (Å²) >= 11 is 0. The zero-order chi connectivity index (χ0) is 29.0. The van der Waals surface area contributed by atoms with Crippen LogP contribution in [0.4, 0.5) is 4.79 Å². The minimum Gasteiger partial charge on any atom is -0.448 e. The largest absolute Gasteiger partial charge is 0.448 e. The number of amides is 1. The first-order valence-electron chi connectivity index (χ1n) is 16.0. The highest BCUT2D eigenvalue weighted by Crippen LogP contribution is 2.44. The number of unbranched alkanes of at least 4 members (excludes halogenated alkanes) is 10. The number of ether oxygens (including phenoxy) is 4. The van der Waals surface area contributed by atoms with Gasteiger partial charge < -0.3 is 23.8 Å². The van der Waals surface area contributed by atoms with E-state index in [1.165, 1.54) is 86.5 Å². The van der Waals surface area contributed by atoms with Gasteiger partial charge in [0.05, 0.1) is 33.0 Å². The summed E-state index contributed by atoms with van der Waals surface area (Å²) in [6.45, 7) is 6.56. The van der Waals surface area contributed by atoms with E-state index in [9.17, 15) is 4.79 Å². The van der Waals surface area contributed by atoms with Gasteiger partial charge in [-0.25, -0.2) is 4.79 Å². The molecule has 0 unspecified atom stereocenters. The first-order chi connectivity index (χ1) is 20.2. The fourth-order valence-electron chi connectivity index (χ4n) is 5.41. The summed E-state index contributed by atoms with van der Waals surface area (Å²) in [5.41, 5.74) is 4.88. The Labute approximate surface area is 248 Å². The van der Waals surface area contributed by atoms with Crippen molar-refractivity contribution in [1.29, 1.82) is 0 Å². The maximum absolute atomic E-state index is 12.6. The van der Waals surface area contributed by atoms with E-state index < -0.39 is 0 Å². The Kier molecular flexibility index (Phi) is 16.5. The number of rotatable bonds is 23. The van der Waals surface area contributed by atoms with Crippen molar-refractivity contribution in [2.24, 2.45) is 0 Å². The summed E-state index contributed by atoms with van der Waals surface area (Å²) in [5, 5.41) is 0. The molecule has 0 fully saturated rings. The SMILES string of the molecule is CCCCCCCCCCCCCOCCOCCOCCN(C)C(=O)OCC1c2ccccc2-c2ccccc21. The van der Waals surface area contributed by atoms with Crippen LogP contribution in [0.15, 0.2) is 48.5 Å². The molecule has 2 aromatic rings. The molecule has 0 aromatic heterocycles. The number of benzene rings is 2. The third kappa shape index (κ3) is 12.2. The second-order valence-corrected chi connectivity index (χ2v) is 11.1. The van der Waals surface area contributed by atoms with Crippen LogP contribution in [0.3, 0.4) is 0 Å². The highest BCUT2D eigenvalue weighted by molar-refractivity contribution is 5.79. The Hall–Kier alpha value is -2.41. The molecule has 0 bridgehead atoms. The predicted molar refractivity (Wildman–Crippen MR) is 167 cm³/mol. The third-order valence-electron chi connectivity index (χ3n) is 7.86. The molecule has 6 nitrogen and oxygen atoms in total. The topological polar surface area (TPSA) is 57.2 Å². The molecule has 1 aliphatic carbocycles. The van der Waals surface area contributed by atoms with Gasteiger partial charge in [0, 0.05) is 26.1 Å². The number of hydrogen-bond donors (Lipinski definition) is 0. The molecule has 0 spiro atoms. The number of carbonyl (C=O) groups is 1. The molecule has 1 aliphatic rings. The summed E-state index contributed by atoms with van der Waals surface area (Å²) in [6, 6.07) is 16.7. The first kappa shape index (κ1) is 33.1. The van der Waals surface area contributed by atoms with E-state index >= 15 is 0 Å². The van der Waals surface area contributed by atoms with Crippen LogP contribution in [-0.4, -0.2) is 70.8 Å². The average Bonchev–Trinajstić information content (AvgIpc) is 3.32. The van der Waals surface area contributed by atoms with Gasteiger partial charge in [-0.15, -0.1) is 0 Å². The second kappa shape index (κ2) is 20.5. The van der Waals surface area contributed by atoms with E-state index in [1.807, 2.05) is 12.1 Å². The fraction of sp³-hybridized carbons (Fsp3) is 0.629. The van der Waals surface area contributed by atoms with Crippen LogP contribution in [0.1, 0.15) is 94.6 Å². The summed E-state index contributed by atoms with van der Waals surface area (Å²) in [5.74, 6) is 0.0665. The second-order valence-electron chi connectivity index (χ2n) is 11.1. The molecular weight excluding hydrogens is 514 g/mol. The van der Waals surface area contributed by atoms with Gasteiger partial charge in [-0.05, 0) is 28.7 Å². The summed E-state index contributed by atoms with van der Waals surface area (Å²) in [7, 11) is 1.74. The van der Waals surface area contributed by atoms with Gasteiger partial charge in [0.1, 0.15) is 6.61 Å². The molecule has 41 heavy (non-hydrogen) atoms. The number of fused-ring (bicyclic) bond motifs is 3. The predicted octanol–water partition coefficient (Wildman–Crippen LogP) is 8.23. The molecule has 228 valence electrons. The van der Waals surface area contributed by atoms with Gasteiger partial charge in [0.15, 0.2) is 0 Å². The Morgan fingerprint density at radius 3 is 1.66 bits per heavy atom. The lowest BCUT2D eigenvalue weighted by Crippen LogP contribution is -2.32. The normalized spacial score (nSPS) is 12.3. The van der Waals surface area contributed by atoms with Crippen molar-refractivity contribution in [2.45, 2.75) is 83.5 Å². The maximum atomic E-state index is 12.6. The van der Waals surface area contributed by atoms with Gasteiger partial charge in [0.25, 0.3) is 0 Å². The molecule has 1 amide bonds. The van der Waals surface area contributed by atoms with E-state index in [0.29, 0.717) is 46.2 Å². The van der Waals surface area contributed by atoms with Crippen molar-refractivity contribution in [1.82, 2.24) is 4.90 Å². The number of carbonyl (C=O) groups excluding carboxylic acids is 1. The van der Waals surface area contributed by atoms with Gasteiger partial charge in [-0.3, -0.25) is 0 Å². The van der Waals surface area contributed by atoms with Gasteiger partial charge in [0.2, 0.25) is 0 Å². The minimum atomic E-state index is -0.332. The standard InChI is InChI=1S/C35H53NO5/c1-3-4-5-6-7-8-9-10-11-12-17-23-38-25-27-40-28-26-39-24-22-36(2)35(37)41-29-34-32-20-15-13-18-30(32)31-19-14-16-21-33(31)34/h13-16,18-21,34H,3-12,17,22-29H2,1-2H3. The molecule has 0 aliphatic heterocycles. The van der Waals surface area contributed by atoms with E-state index in [2.05, 4.69) is 43.3 Å². The molecule has 0 atom stereocenters. The summed E-state index contributed by atoms with van der Waals surface area (Å²) in [6.07, 6.45) is 14.5. The lowest BCUT2D eigenvalue weighted by Gasteiger charge is -2.19. The van der Waals surface area contributed by atoms with Crippen LogP contribution in [-0.2, 0) is 18.9 Å². The summed E-state index contributed by atoms with van der Waals surface area (Å²) < 4.78 is 22.6. The van der Waals surface area contributed by atoms with Gasteiger partial charge >= 0.3 is 6.09 Å². The quantitative estimate of drug-likeness (QED) is 0.127. The monoisotopic (exact) mass is 567 g/mol. The average molecular weight is 568 g/mol. The van der Waals surface area contributed by atoms with E-state index in [1.54, 1.807) is 11.9 Å². The Morgan fingerprint density at radius 2 is 1.10 bits per heavy atom. The Morgan fingerprint density at radius 1 is 0.634 bits per heavy atom. The smallest absolute Gasteiger partial charge is 0.409 e. The zero-order valence-corrected chi connectivity index (χ0v) is 25.6. The third-order valence-corrected chi connectivity index (χ3v) is 7.86. The lowest BCUT2D eigenvalue weighted by atomic mass is 9.98. The van der Waals surface area contributed by atoms with E-state index in [0.717, 1.165) is 13.0 Å². The minimum absolute atomic E-state index is 0.0665. The van der Waals surface area contributed by atoms with Crippen molar-refractivity contribution >= 4 is 6.09 Å². The highest BCUT2D eigenvalue weighted by Gasteiger charge is 2.29. The number of hydrogen-bond acceptors (Lipinski definition) is 5. The molecule has 6 heteroatoms. The fourth-order valence-corrected chi connectivity index (χ4v) is 5.41. The van der Waals surface area contributed by atoms with Crippen LogP contribution in [0.25, 0.3) is 11.1 Å². The van der Waals surface area contributed by atoms with Crippen molar-refractivity contribution in [3.8, 4) is 11.1 Å². The van der Waals surface area contributed by atoms with Crippen LogP contribution in [0.2, 0.25) is 0 Å². The zero-order valence-electron chi connectivity index (χ0n) is 25.6. The highest BCUT2D eigenvalue weighted by atomic mass is 16.6. The van der Waals surface area contributed by atoms with Crippen molar-refractivity contribution < 1.29 is 23.7 Å². The van der Waals surface area contributed by atoms with Crippen molar-refractivity contribution in [2.75, 3.05) is 59.8 Å². The van der Waals surface area contributed by atoms with Crippen molar-refractivity contribution in [3.05, 3.63) is 59.7 Å². The molecule has 2 aromatic carbocycles. The molecule has 0 N–H and O–H groups in total. The molecule has 0 heterocycles. The van der Waals surface area contributed by atoms with Crippen molar-refractivity contribution in [3.63, 3.8) is 0 Å². The Balaban J connectivity index is 1.11. The first-order valence-corrected chi connectivity index (χ1v) is 16.0. The van der Waals surface area contributed by atoms with Crippen LogP contribution in [0, 0.1) is 0 Å². The number of likely N-dealkylation sites (N-methyl/N-ethyl adjacent to an activating group) is 1. The van der Waals surface area contributed by atoms with Crippen LogP contribution < -0.4 is 0 Å². The van der Waals surface area contributed by atoms with E-state index in [-0.39, 0.29) is 12.0 Å². The molecule has 3 rings (SSSR count). The van der Waals surface area contributed by atoms with Crippen LogP contribution >= 0.6 is 0 Å². The van der Waals surface area contributed by atoms with E-state index in [4.69, 9.17) is 18.9 Å². The molecular formula is C35H53NO5. The molecule has 0 saturated carbocycles. The van der Waals surface area contributed by atoms with Gasteiger partial charge in [-0.1, -0.05) is 120 Å². The summed E-state index contributed by atoms with van der Waals surface area (Å²) in [4.78, 5) is 14.1. The molecule has 0 radical (unpaired) electrons. The van der Waals surface area contributed by atoms with Gasteiger partial charge in [-0.2, -0.15) is 0 Å².